The molecule has 0 spiro atoms. The molecule has 0 bridgehead atoms. The van der Waals surface area contributed by atoms with Gasteiger partial charge in [-0.3, -0.25) is 4.68 Å². The van der Waals surface area contributed by atoms with E-state index in [0.29, 0.717) is 18.1 Å². The second-order valence-corrected chi connectivity index (χ2v) is 4.67. The standard InChI is InChI=1S/C13H19N5O2/c1-10-11(13(19)20)12(17(2)16-10)15-5-3-4-7-18-8-6-14-9-18/h6,8-9,15H,3-5,7H2,1-2H3,(H,19,20). The van der Waals surface area contributed by atoms with Crippen LogP contribution in [-0.4, -0.2) is 37.0 Å². The lowest BCUT2D eigenvalue weighted by molar-refractivity contribution is 0.0697. The van der Waals surface area contributed by atoms with Crippen molar-refractivity contribution in [2.24, 2.45) is 7.05 Å². The number of hydrogen-bond acceptors (Lipinski definition) is 4. The highest BCUT2D eigenvalue weighted by atomic mass is 16.4. The van der Waals surface area contributed by atoms with Crippen molar-refractivity contribution in [1.82, 2.24) is 19.3 Å². The molecule has 2 heterocycles. The van der Waals surface area contributed by atoms with Gasteiger partial charge in [0.25, 0.3) is 0 Å². The van der Waals surface area contributed by atoms with Gasteiger partial charge in [-0.2, -0.15) is 5.10 Å². The summed E-state index contributed by atoms with van der Waals surface area (Å²) in [6.45, 7) is 3.33. The molecule has 0 amide bonds. The molecule has 0 aliphatic carbocycles. The van der Waals surface area contributed by atoms with Gasteiger partial charge in [-0.25, -0.2) is 9.78 Å². The predicted octanol–water partition coefficient (Wildman–Crippen LogP) is 1.52. The molecule has 0 saturated carbocycles. The first-order chi connectivity index (χ1) is 9.59. The van der Waals surface area contributed by atoms with E-state index in [0.717, 1.165) is 19.4 Å². The van der Waals surface area contributed by atoms with E-state index < -0.39 is 5.97 Å². The first kappa shape index (κ1) is 14.1. The van der Waals surface area contributed by atoms with Crippen LogP contribution in [0.15, 0.2) is 18.7 Å². The fraction of sp³-hybridized carbons (Fsp3) is 0.462. The Bertz CT molecular complexity index is 574. The van der Waals surface area contributed by atoms with Gasteiger partial charge in [0.15, 0.2) is 0 Å². The lowest BCUT2D eigenvalue weighted by Crippen LogP contribution is -2.11. The number of rotatable bonds is 7. The van der Waals surface area contributed by atoms with Crippen LogP contribution in [0.3, 0.4) is 0 Å². The van der Waals surface area contributed by atoms with Crippen molar-refractivity contribution in [3.8, 4) is 0 Å². The maximum atomic E-state index is 11.2. The monoisotopic (exact) mass is 277 g/mol. The van der Waals surface area contributed by atoms with Crippen LogP contribution in [0, 0.1) is 6.92 Å². The Morgan fingerprint density at radius 3 is 2.90 bits per heavy atom. The molecular weight excluding hydrogens is 258 g/mol. The van der Waals surface area contributed by atoms with E-state index in [2.05, 4.69) is 15.4 Å². The SMILES string of the molecule is Cc1nn(C)c(NCCCCn2ccnc2)c1C(=O)O. The summed E-state index contributed by atoms with van der Waals surface area (Å²) in [5.41, 5.74) is 0.781. The zero-order chi connectivity index (χ0) is 14.5. The summed E-state index contributed by atoms with van der Waals surface area (Å²) in [6, 6.07) is 0. The average Bonchev–Trinajstić information content (AvgIpc) is 2.97. The number of aromatic nitrogens is 4. The molecule has 0 saturated heterocycles. The van der Waals surface area contributed by atoms with Gasteiger partial charge in [-0.05, 0) is 19.8 Å². The molecule has 0 radical (unpaired) electrons. The number of aryl methyl sites for hydroxylation is 3. The molecule has 0 aliphatic rings. The van der Waals surface area contributed by atoms with Crippen LogP contribution in [0.4, 0.5) is 5.82 Å². The number of hydrogen-bond donors (Lipinski definition) is 2. The first-order valence-corrected chi connectivity index (χ1v) is 6.56. The quantitative estimate of drug-likeness (QED) is 0.749. The third-order valence-corrected chi connectivity index (χ3v) is 3.13. The van der Waals surface area contributed by atoms with E-state index in [4.69, 9.17) is 0 Å². The van der Waals surface area contributed by atoms with Crippen molar-refractivity contribution in [2.75, 3.05) is 11.9 Å². The van der Waals surface area contributed by atoms with Crippen molar-refractivity contribution in [3.63, 3.8) is 0 Å². The maximum absolute atomic E-state index is 11.2. The van der Waals surface area contributed by atoms with Crippen LogP contribution in [-0.2, 0) is 13.6 Å². The Morgan fingerprint density at radius 1 is 1.45 bits per heavy atom. The zero-order valence-electron chi connectivity index (χ0n) is 11.7. The van der Waals surface area contributed by atoms with Crippen LogP contribution < -0.4 is 5.32 Å². The van der Waals surface area contributed by atoms with E-state index in [1.165, 1.54) is 0 Å². The van der Waals surface area contributed by atoms with Crippen molar-refractivity contribution in [1.29, 1.82) is 0 Å². The zero-order valence-corrected chi connectivity index (χ0v) is 11.7. The molecular formula is C13H19N5O2. The van der Waals surface area contributed by atoms with Gasteiger partial charge in [-0.1, -0.05) is 0 Å². The number of anilines is 1. The minimum absolute atomic E-state index is 0.252. The van der Waals surface area contributed by atoms with Gasteiger partial charge in [0, 0.05) is 32.5 Å². The predicted molar refractivity (Wildman–Crippen MR) is 74.9 cm³/mol. The van der Waals surface area contributed by atoms with Crippen LogP contribution >= 0.6 is 0 Å². The van der Waals surface area contributed by atoms with Gasteiger partial charge in [-0.15, -0.1) is 0 Å². The van der Waals surface area contributed by atoms with Crippen molar-refractivity contribution >= 4 is 11.8 Å². The fourth-order valence-electron chi connectivity index (χ4n) is 2.16. The largest absolute Gasteiger partial charge is 0.477 e. The smallest absolute Gasteiger partial charge is 0.341 e. The summed E-state index contributed by atoms with van der Waals surface area (Å²) in [4.78, 5) is 15.2. The number of unbranched alkanes of at least 4 members (excludes halogenated alkanes) is 1. The number of nitrogens with zero attached hydrogens (tertiary/aromatic N) is 4. The van der Waals surface area contributed by atoms with Crippen molar-refractivity contribution in [3.05, 3.63) is 30.0 Å². The second kappa shape index (κ2) is 6.23. The Hall–Kier alpha value is -2.31. The summed E-state index contributed by atoms with van der Waals surface area (Å²) in [7, 11) is 1.74. The van der Waals surface area contributed by atoms with Crippen LogP contribution in [0.5, 0.6) is 0 Å². The first-order valence-electron chi connectivity index (χ1n) is 6.56. The third-order valence-electron chi connectivity index (χ3n) is 3.13. The lowest BCUT2D eigenvalue weighted by Gasteiger charge is -2.08. The maximum Gasteiger partial charge on any atom is 0.341 e. The topological polar surface area (TPSA) is 85.0 Å². The van der Waals surface area contributed by atoms with Gasteiger partial charge in [0.1, 0.15) is 11.4 Å². The van der Waals surface area contributed by atoms with Crippen molar-refractivity contribution < 1.29 is 9.90 Å². The minimum atomic E-state index is -0.948. The molecule has 0 atom stereocenters. The summed E-state index contributed by atoms with van der Waals surface area (Å²) in [6.07, 6.45) is 7.43. The summed E-state index contributed by atoms with van der Waals surface area (Å²) < 4.78 is 3.60. The van der Waals surface area contributed by atoms with E-state index in [1.807, 2.05) is 10.8 Å². The molecule has 2 aromatic rings. The number of carboxylic acid groups (broad SMARTS) is 1. The number of imidazole rings is 1. The van der Waals surface area contributed by atoms with Gasteiger partial charge in [0.05, 0.1) is 12.0 Å². The Kier molecular flexibility index (Phi) is 4.39. The Labute approximate surface area is 117 Å². The van der Waals surface area contributed by atoms with E-state index in [1.54, 1.807) is 31.2 Å². The summed E-state index contributed by atoms with van der Waals surface area (Å²) >= 11 is 0. The minimum Gasteiger partial charge on any atom is -0.477 e. The fourth-order valence-corrected chi connectivity index (χ4v) is 2.16. The molecule has 2 aromatic heterocycles. The number of aromatic carboxylic acids is 1. The number of nitrogens with one attached hydrogen (secondary N) is 1. The molecule has 7 heteroatoms. The van der Waals surface area contributed by atoms with Gasteiger partial charge < -0.3 is 15.0 Å². The molecule has 7 nitrogen and oxygen atoms in total. The summed E-state index contributed by atoms with van der Waals surface area (Å²) in [5.74, 6) is -0.380. The Morgan fingerprint density at radius 2 is 2.25 bits per heavy atom. The highest BCUT2D eigenvalue weighted by Crippen LogP contribution is 2.18. The average molecular weight is 277 g/mol. The van der Waals surface area contributed by atoms with E-state index >= 15 is 0 Å². The molecule has 0 aliphatic heterocycles. The van der Waals surface area contributed by atoms with Crippen molar-refractivity contribution in [2.45, 2.75) is 26.3 Å². The van der Waals surface area contributed by atoms with Gasteiger partial charge in [0.2, 0.25) is 0 Å². The number of carbonyl (C=O) groups is 1. The molecule has 2 rings (SSSR count). The van der Waals surface area contributed by atoms with Crippen LogP contribution in [0.25, 0.3) is 0 Å². The normalized spacial score (nSPS) is 10.7. The molecule has 2 N–H and O–H groups in total. The lowest BCUT2D eigenvalue weighted by atomic mass is 10.2. The van der Waals surface area contributed by atoms with Crippen LogP contribution in [0.1, 0.15) is 28.9 Å². The highest BCUT2D eigenvalue weighted by molar-refractivity contribution is 5.94. The van der Waals surface area contributed by atoms with Crippen LogP contribution in [0.2, 0.25) is 0 Å². The number of carboxylic acids is 1. The van der Waals surface area contributed by atoms with Gasteiger partial charge >= 0.3 is 5.97 Å². The molecule has 0 unspecified atom stereocenters. The highest BCUT2D eigenvalue weighted by Gasteiger charge is 2.18. The summed E-state index contributed by atoms with van der Waals surface area (Å²) in [5, 5.41) is 16.5. The molecule has 0 fully saturated rings. The Balaban J connectivity index is 1.83. The molecule has 20 heavy (non-hydrogen) atoms. The molecule has 108 valence electrons. The van der Waals surface area contributed by atoms with E-state index in [9.17, 15) is 9.90 Å². The second-order valence-electron chi connectivity index (χ2n) is 4.67. The molecule has 0 aromatic carbocycles. The van der Waals surface area contributed by atoms with E-state index in [-0.39, 0.29) is 5.56 Å². The third kappa shape index (κ3) is 3.17.